The first-order valence-electron chi connectivity index (χ1n) is 5.08. The lowest BCUT2D eigenvalue weighted by Gasteiger charge is -2.06. The SMILES string of the molecule is Cc1cc(NS(=O)(=O)c2cc(C#N)ccc2Cl)on1. The molecule has 0 amide bonds. The van der Waals surface area contributed by atoms with E-state index in [1.54, 1.807) is 6.92 Å². The second-order valence-electron chi connectivity index (χ2n) is 3.70. The van der Waals surface area contributed by atoms with Crippen molar-refractivity contribution in [3.63, 3.8) is 0 Å². The fourth-order valence-corrected chi connectivity index (χ4v) is 2.88. The molecule has 0 aliphatic rings. The number of aromatic nitrogens is 1. The monoisotopic (exact) mass is 297 g/mol. The second-order valence-corrected chi connectivity index (χ2v) is 5.75. The van der Waals surface area contributed by atoms with Crippen molar-refractivity contribution < 1.29 is 12.9 Å². The standard InChI is InChI=1S/C11H8ClN3O3S/c1-7-4-11(18-14-7)15-19(16,17)10-5-8(6-13)2-3-9(10)12/h2-5,15H,1H3. The summed E-state index contributed by atoms with van der Waals surface area (Å²) in [6, 6.07) is 7.24. The van der Waals surface area contributed by atoms with E-state index in [2.05, 4.69) is 9.88 Å². The number of sulfonamides is 1. The van der Waals surface area contributed by atoms with Crippen LogP contribution in [-0.2, 0) is 10.0 Å². The lowest BCUT2D eigenvalue weighted by atomic mass is 10.2. The Morgan fingerprint density at radius 2 is 2.16 bits per heavy atom. The highest BCUT2D eigenvalue weighted by Gasteiger charge is 2.20. The molecular formula is C11H8ClN3O3S. The van der Waals surface area contributed by atoms with Gasteiger partial charge >= 0.3 is 0 Å². The molecule has 0 saturated heterocycles. The number of halogens is 1. The normalized spacial score (nSPS) is 11.0. The fourth-order valence-electron chi connectivity index (χ4n) is 1.38. The van der Waals surface area contributed by atoms with Crippen LogP contribution in [0.4, 0.5) is 5.88 Å². The molecule has 0 aliphatic heterocycles. The Kier molecular flexibility index (Phi) is 3.46. The summed E-state index contributed by atoms with van der Waals surface area (Å²) >= 11 is 5.83. The predicted octanol–water partition coefficient (Wildman–Crippen LogP) is 2.31. The van der Waals surface area contributed by atoms with Crippen molar-refractivity contribution in [1.82, 2.24) is 5.16 Å². The lowest BCUT2D eigenvalue weighted by molar-refractivity contribution is 0.430. The number of anilines is 1. The van der Waals surface area contributed by atoms with Crippen LogP contribution in [0.5, 0.6) is 0 Å². The largest absolute Gasteiger partial charge is 0.338 e. The van der Waals surface area contributed by atoms with Gasteiger partial charge < -0.3 is 4.52 Å². The first kappa shape index (κ1) is 13.4. The molecule has 1 aromatic heterocycles. The van der Waals surface area contributed by atoms with Crippen molar-refractivity contribution in [2.75, 3.05) is 4.72 Å². The van der Waals surface area contributed by atoms with Crippen molar-refractivity contribution in [3.05, 3.63) is 40.5 Å². The van der Waals surface area contributed by atoms with E-state index in [1.807, 2.05) is 6.07 Å². The lowest BCUT2D eigenvalue weighted by Crippen LogP contribution is -2.13. The first-order valence-corrected chi connectivity index (χ1v) is 6.94. The molecule has 0 saturated carbocycles. The third-order valence-corrected chi connectivity index (χ3v) is 4.04. The molecule has 6 nitrogen and oxygen atoms in total. The summed E-state index contributed by atoms with van der Waals surface area (Å²) in [5.74, 6) is -0.0177. The fraction of sp³-hybridized carbons (Fsp3) is 0.0909. The van der Waals surface area contributed by atoms with Crippen molar-refractivity contribution in [1.29, 1.82) is 5.26 Å². The number of nitrogens with zero attached hydrogens (tertiary/aromatic N) is 2. The van der Waals surface area contributed by atoms with Gasteiger partial charge in [0.25, 0.3) is 10.0 Å². The quantitative estimate of drug-likeness (QED) is 0.937. The Balaban J connectivity index is 2.42. The number of nitrogens with one attached hydrogen (secondary N) is 1. The van der Waals surface area contributed by atoms with E-state index < -0.39 is 10.0 Å². The summed E-state index contributed by atoms with van der Waals surface area (Å²) in [6.07, 6.45) is 0. The van der Waals surface area contributed by atoms with Gasteiger partial charge in [0.05, 0.1) is 22.3 Å². The third-order valence-electron chi connectivity index (χ3n) is 2.21. The minimum Gasteiger partial charge on any atom is -0.338 e. The maximum atomic E-state index is 12.1. The summed E-state index contributed by atoms with van der Waals surface area (Å²) in [7, 11) is -3.93. The van der Waals surface area contributed by atoms with Crippen LogP contribution in [0, 0.1) is 18.3 Å². The number of rotatable bonds is 3. The van der Waals surface area contributed by atoms with Crippen LogP contribution in [0.15, 0.2) is 33.7 Å². The van der Waals surface area contributed by atoms with Crippen molar-refractivity contribution in [2.24, 2.45) is 0 Å². The van der Waals surface area contributed by atoms with Crippen molar-refractivity contribution in [2.45, 2.75) is 11.8 Å². The molecule has 0 bridgehead atoms. The number of nitriles is 1. The highest BCUT2D eigenvalue weighted by atomic mass is 35.5. The van der Waals surface area contributed by atoms with Gasteiger partial charge in [-0.05, 0) is 25.1 Å². The van der Waals surface area contributed by atoms with E-state index >= 15 is 0 Å². The summed E-state index contributed by atoms with van der Waals surface area (Å²) in [6.45, 7) is 1.66. The Bertz CT molecular complexity index is 762. The van der Waals surface area contributed by atoms with Crippen LogP contribution >= 0.6 is 11.6 Å². The van der Waals surface area contributed by atoms with Gasteiger partial charge in [0, 0.05) is 6.07 Å². The highest BCUT2D eigenvalue weighted by molar-refractivity contribution is 7.92. The predicted molar refractivity (Wildman–Crippen MR) is 68.2 cm³/mol. The average molecular weight is 298 g/mol. The topological polar surface area (TPSA) is 96.0 Å². The smallest absolute Gasteiger partial charge is 0.265 e. The maximum Gasteiger partial charge on any atom is 0.265 e. The van der Waals surface area contributed by atoms with E-state index in [9.17, 15) is 8.42 Å². The van der Waals surface area contributed by atoms with Crippen molar-refractivity contribution in [3.8, 4) is 6.07 Å². The molecule has 1 N–H and O–H groups in total. The molecule has 0 radical (unpaired) electrons. The van der Waals surface area contributed by atoms with E-state index in [-0.39, 0.29) is 21.4 Å². The molecule has 0 fully saturated rings. The second kappa shape index (κ2) is 4.91. The number of benzene rings is 1. The number of hydrogen-bond donors (Lipinski definition) is 1. The Labute approximate surface area is 114 Å². The number of hydrogen-bond acceptors (Lipinski definition) is 5. The Morgan fingerprint density at radius 3 is 2.74 bits per heavy atom. The minimum absolute atomic E-state index is 0.0164. The van der Waals surface area contributed by atoms with Gasteiger partial charge in [-0.2, -0.15) is 5.26 Å². The van der Waals surface area contributed by atoms with E-state index in [4.69, 9.17) is 21.4 Å². The minimum atomic E-state index is -3.93. The molecule has 1 aromatic carbocycles. The molecule has 19 heavy (non-hydrogen) atoms. The molecule has 0 aliphatic carbocycles. The Morgan fingerprint density at radius 1 is 1.42 bits per heavy atom. The molecule has 0 unspecified atom stereocenters. The van der Waals surface area contributed by atoms with E-state index in [0.717, 1.165) is 0 Å². The van der Waals surface area contributed by atoms with Gasteiger partial charge in [0.2, 0.25) is 5.88 Å². The first-order chi connectivity index (χ1) is 8.92. The van der Waals surface area contributed by atoms with Gasteiger partial charge in [-0.1, -0.05) is 16.8 Å². The van der Waals surface area contributed by atoms with Crippen LogP contribution in [0.1, 0.15) is 11.3 Å². The van der Waals surface area contributed by atoms with Gasteiger partial charge in [-0.25, -0.2) is 13.1 Å². The van der Waals surface area contributed by atoms with Gasteiger partial charge in [0.1, 0.15) is 4.90 Å². The zero-order valence-electron chi connectivity index (χ0n) is 9.71. The van der Waals surface area contributed by atoms with Crippen LogP contribution < -0.4 is 4.72 Å². The van der Waals surface area contributed by atoms with E-state index in [0.29, 0.717) is 5.69 Å². The average Bonchev–Trinajstić information content (AvgIpc) is 2.74. The van der Waals surface area contributed by atoms with Crippen molar-refractivity contribution >= 4 is 27.5 Å². The molecule has 8 heteroatoms. The zero-order valence-corrected chi connectivity index (χ0v) is 11.3. The molecule has 1 heterocycles. The molecule has 0 spiro atoms. The van der Waals surface area contributed by atoms with Gasteiger partial charge in [0.15, 0.2) is 0 Å². The Hall–Kier alpha value is -2.04. The highest BCUT2D eigenvalue weighted by Crippen LogP contribution is 2.25. The summed E-state index contributed by atoms with van der Waals surface area (Å²) < 4.78 is 31.2. The number of aryl methyl sites for hydroxylation is 1. The summed E-state index contributed by atoms with van der Waals surface area (Å²) in [5.41, 5.74) is 0.730. The van der Waals surface area contributed by atoms with Crippen LogP contribution in [-0.4, -0.2) is 13.6 Å². The van der Waals surface area contributed by atoms with Crippen LogP contribution in [0.25, 0.3) is 0 Å². The molecule has 2 aromatic rings. The van der Waals surface area contributed by atoms with Crippen LogP contribution in [0.2, 0.25) is 5.02 Å². The third kappa shape index (κ3) is 2.86. The van der Waals surface area contributed by atoms with Gasteiger partial charge in [-0.15, -0.1) is 0 Å². The molecule has 2 rings (SSSR count). The summed E-state index contributed by atoms with van der Waals surface area (Å²) in [5, 5.41) is 12.4. The van der Waals surface area contributed by atoms with E-state index in [1.165, 1.54) is 24.3 Å². The maximum absolute atomic E-state index is 12.1. The molecule has 0 atom stereocenters. The summed E-state index contributed by atoms with van der Waals surface area (Å²) in [4.78, 5) is -0.192. The molecule has 98 valence electrons. The zero-order chi connectivity index (χ0) is 14.0. The van der Waals surface area contributed by atoms with Gasteiger partial charge in [-0.3, -0.25) is 0 Å². The molecular weight excluding hydrogens is 290 g/mol. The van der Waals surface area contributed by atoms with Crippen LogP contribution in [0.3, 0.4) is 0 Å².